The van der Waals surface area contributed by atoms with Crippen LogP contribution in [0.15, 0.2) is 42.5 Å². The van der Waals surface area contributed by atoms with E-state index < -0.39 is 6.10 Å². The van der Waals surface area contributed by atoms with Crippen molar-refractivity contribution in [1.82, 2.24) is 14.5 Å². The molecule has 0 radical (unpaired) electrons. The van der Waals surface area contributed by atoms with E-state index in [1.165, 1.54) is 6.42 Å². The number of carbonyl (C=O) groups is 1. The van der Waals surface area contributed by atoms with E-state index in [2.05, 4.69) is 15.3 Å². The van der Waals surface area contributed by atoms with Gasteiger partial charge in [0.15, 0.2) is 5.65 Å². The molecular weight excluding hydrogens is 328 g/mol. The number of fused-ring (bicyclic) bond motifs is 1. The molecule has 134 valence electrons. The van der Waals surface area contributed by atoms with Gasteiger partial charge in [-0.3, -0.25) is 14.7 Å². The molecule has 2 heterocycles. The molecule has 0 bridgehead atoms. The first-order valence-corrected chi connectivity index (χ1v) is 9.00. The van der Waals surface area contributed by atoms with E-state index in [9.17, 15) is 9.90 Å². The van der Waals surface area contributed by atoms with Gasteiger partial charge in [-0.05, 0) is 43.9 Å². The smallest absolute Gasteiger partial charge is 0.229 e. The molecule has 1 saturated carbocycles. The van der Waals surface area contributed by atoms with Gasteiger partial charge in [-0.25, -0.2) is 9.97 Å². The Kier molecular flexibility index (Phi) is 4.42. The quantitative estimate of drug-likeness (QED) is 0.738. The van der Waals surface area contributed by atoms with Crippen LogP contribution in [0.25, 0.3) is 11.2 Å². The monoisotopic (exact) mass is 350 g/mol. The molecular formula is C20H22N4O2. The zero-order valence-corrected chi connectivity index (χ0v) is 14.7. The van der Waals surface area contributed by atoms with E-state index in [4.69, 9.17) is 0 Å². The molecule has 6 nitrogen and oxygen atoms in total. The molecule has 1 aliphatic rings. The second-order valence-corrected chi connectivity index (χ2v) is 6.86. The van der Waals surface area contributed by atoms with Gasteiger partial charge >= 0.3 is 0 Å². The summed E-state index contributed by atoms with van der Waals surface area (Å²) in [7, 11) is 0. The maximum Gasteiger partial charge on any atom is 0.229 e. The number of hydrogen-bond donors (Lipinski definition) is 2. The normalized spacial score (nSPS) is 15.6. The molecule has 2 N–H and O–H groups in total. The third-order valence-electron chi connectivity index (χ3n) is 4.93. The van der Waals surface area contributed by atoms with Crippen molar-refractivity contribution in [3.05, 3.63) is 53.7 Å². The van der Waals surface area contributed by atoms with Crippen molar-refractivity contribution in [2.45, 2.75) is 44.8 Å². The number of pyridine rings is 1. The largest absolute Gasteiger partial charge is 0.388 e. The number of nitrogens with one attached hydrogen (secondary N) is 1. The molecule has 26 heavy (non-hydrogen) atoms. The van der Waals surface area contributed by atoms with Crippen LogP contribution in [-0.2, 0) is 4.79 Å². The van der Waals surface area contributed by atoms with Crippen LogP contribution in [0.5, 0.6) is 0 Å². The summed E-state index contributed by atoms with van der Waals surface area (Å²) in [6, 6.07) is 13.4. The first-order chi connectivity index (χ1) is 12.6. The van der Waals surface area contributed by atoms with Gasteiger partial charge in [0.1, 0.15) is 5.52 Å². The van der Waals surface area contributed by atoms with Crippen LogP contribution in [0.2, 0.25) is 0 Å². The minimum atomic E-state index is -0.835. The molecule has 0 saturated heterocycles. The Bertz CT molecular complexity index is 932. The van der Waals surface area contributed by atoms with Gasteiger partial charge in [-0.1, -0.05) is 30.3 Å². The lowest BCUT2D eigenvalue weighted by Gasteiger charge is -2.28. The lowest BCUT2D eigenvalue weighted by atomic mass is 9.93. The first kappa shape index (κ1) is 16.7. The standard InChI is InChI=1S/C20H22N4O2/c1-13-10-11-16-19(21-13)24(15-8-5-9-15)20(22-16)23-18(26)12-17(25)14-6-3-2-4-7-14/h2-4,6-7,10-11,15,17,25H,5,8-9,12H2,1H3,(H,22,23,26)/t17-/m0/s1. The average molecular weight is 350 g/mol. The van der Waals surface area contributed by atoms with Crippen LogP contribution in [-0.4, -0.2) is 25.5 Å². The highest BCUT2D eigenvalue weighted by atomic mass is 16.3. The molecule has 1 aliphatic carbocycles. The van der Waals surface area contributed by atoms with Gasteiger partial charge < -0.3 is 5.11 Å². The molecule has 0 spiro atoms. The third kappa shape index (κ3) is 3.20. The maximum absolute atomic E-state index is 12.5. The summed E-state index contributed by atoms with van der Waals surface area (Å²) in [5.41, 5.74) is 3.25. The van der Waals surface area contributed by atoms with Gasteiger partial charge in [0.2, 0.25) is 11.9 Å². The predicted octanol–water partition coefficient (Wildman–Crippen LogP) is 3.53. The minimum absolute atomic E-state index is 0.00958. The summed E-state index contributed by atoms with van der Waals surface area (Å²) >= 11 is 0. The number of aromatic nitrogens is 3. The number of aliphatic hydroxyl groups excluding tert-OH is 1. The summed E-state index contributed by atoms with van der Waals surface area (Å²) in [4.78, 5) is 21.7. The van der Waals surface area contributed by atoms with E-state index in [-0.39, 0.29) is 12.3 Å². The molecule has 1 atom stereocenters. The molecule has 1 fully saturated rings. The van der Waals surface area contributed by atoms with Crippen LogP contribution >= 0.6 is 0 Å². The highest BCUT2D eigenvalue weighted by molar-refractivity contribution is 5.91. The number of amides is 1. The highest BCUT2D eigenvalue weighted by Gasteiger charge is 2.26. The average Bonchev–Trinajstić information content (AvgIpc) is 2.91. The number of hydrogen-bond acceptors (Lipinski definition) is 4. The number of carbonyl (C=O) groups excluding carboxylic acids is 1. The molecule has 6 heteroatoms. The number of aryl methyl sites for hydroxylation is 1. The van der Waals surface area contributed by atoms with Crippen LogP contribution in [0.1, 0.15) is 49.1 Å². The lowest BCUT2D eigenvalue weighted by Crippen LogP contribution is -2.23. The predicted molar refractivity (Wildman–Crippen MR) is 99.8 cm³/mol. The van der Waals surface area contributed by atoms with Gasteiger partial charge in [0.25, 0.3) is 0 Å². The second-order valence-electron chi connectivity index (χ2n) is 6.86. The zero-order valence-electron chi connectivity index (χ0n) is 14.7. The van der Waals surface area contributed by atoms with Crippen molar-refractivity contribution in [3.8, 4) is 0 Å². The fourth-order valence-corrected chi connectivity index (χ4v) is 3.29. The van der Waals surface area contributed by atoms with Gasteiger partial charge in [0.05, 0.1) is 12.5 Å². The minimum Gasteiger partial charge on any atom is -0.388 e. The number of benzene rings is 1. The van der Waals surface area contributed by atoms with E-state index >= 15 is 0 Å². The van der Waals surface area contributed by atoms with E-state index in [0.29, 0.717) is 12.0 Å². The van der Waals surface area contributed by atoms with Crippen molar-refractivity contribution in [2.24, 2.45) is 0 Å². The Morgan fingerprint density at radius 1 is 1.23 bits per heavy atom. The van der Waals surface area contributed by atoms with Crippen LogP contribution in [0, 0.1) is 6.92 Å². The number of anilines is 1. The van der Waals surface area contributed by atoms with Crippen molar-refractivity contribution in [1.29, 1.82) is 0 Å². The molecule has 2 aromatic heterocycles. The van der Waals surface area contributed by atoms with Crippen molar-refractivity contribution >= 4 is 23.0 Å². The Morgan fingerprint density at radius 3 is 2.69 bits per heavy atom. The van der Waals surface area contributed by atoms with Crippen molar-refractivity contribution < 1.29 is 9.90 Å². The van der Waals surface area contributed by atoms with Gasteiger partial charge in [-0.2, -0.15) is 0 Å². The molecule has 3 aromatic rings. The third-order valence-corrected chi connectivity index (χ3v) is 4.93. The summed E-state index contributed by atoms with van der Waals surface area (Å²) < 4.78 is 2.04. The van der Waals surface area contributed by atoms with E-state index in [0.717, 1.165) is 35.3 Å². The summed E-state index contributed by atoms with van der Waals surface area (Å²) in [5.74, 6) is 0.266. The SMILES string of the molecule is Cc1ccc2nc(NC(=O)C[C@H](O)c3ccccc3)n(C3CCC3)c2n1. The topological polar surface area (TPSA) is 80.0 Å². The van der Waals surface area contributed by atoms with Gasteiger partial charge in [-0.15, -0.1) is 0 Å². The number of aliphatic hydroxyl groups is 1. The van der Waals surface area contributed by atoms with Gasteiger partial charge in [0, 0.05) is 11.7 Å². The molecule has 1 amide bonds. The molecule has 1 aromatic carbocycles. The first-order valence-electron chi connectivity index (χ1n) is 9.00. The molecule has 4 rings (SSSR count). The second kappa shape index (κ2) is 6.88. The van der Waals surface area contributed by atoms with Crippen molar-refractivity contribution in [2.75, 3.05) is 5.32 Å². The van der Waals surface area contributed by atoms with Crippen LogP contribution in [0.3, 0.4) is 0 Å². The fraction of sp³-hybridized carbons (Fsp3) is 0.350. The summed E-state index contributed by atoms with van der Waals surface area (Å²) in [5, 5.41) is 13.2. The summed E-state index contributed by atoms with van der Waals surface area (Å²) in [6.45, 7) is 1.95. The van der Waals surface area contributed by atoms with Crippen LogP contribution in [0.4, 0.5) is 5.95 Å². The van der Waals surface area contributed by atoms with E-state index in [1.807, 2.05) is 54.0 Å². The Hall–Kier alpha value is -2.73. The van der Waals surface area contributed by atoms with Crippen LogP contribution < -0.4 is 5.32 Å². The Balaban J connectivity index is 1.57. The highest BCUT2D eigenvalue weighted by Crippen LogP contribution is 2.36. The Labute approximate surface area is 151 Å². The maximum atomic E-state index is 12.5. The fourth-order valence-electron chi connectivity index (χ4n) is 3.29. The lowest BCUT2D eigenvalue weighted by molar-refractivity contribution is -0.118. The number of imidazole rings is 1. The number of rotatable bonds is 5. The van der Waals surface area contributed by atoms with E-state index in [1.54, 1.807) is 0 Å². The zero-order chi connectivity index (χ0) is 18.1. The summed E-state index contributed by atoms with van der Waals surface area (Å²) in [6.07, 6.45) is 2.46. The number of nitrogens with zero attached hydrogens (tertiary/aromatic N) is 3. The Morgan fingerprint density at radius 2 is 2.00 bits per heavy atom. The molecule has 0 aliphatic heterocycles. The molecule has 0 unspecified atom stereocenters. The van der Waals surface area contributed by atoms with Crippen molar-refractivity contribution in [3.63, 3.8) is 0 Å².